The van der Waals surface area contributed by atoms with E-state index in [2.05, 4.69) is 15.0 Å². The Morgan fingerprint density at radius 1 is 0.970 bits per heavy atom. The molecule has 0 aliphatic carbocycles. The van der Waals surface area contributed by atoms with Crippen molar-refractivity contribution in [2.75, 3.05) is 37.9 Å². The number of benzene rings is 2. The lowest BCUT2D eigenvalue weighted by molar-refractivity contribution is 0.0748. The number of hydrogen-bond acceptors (Lipinski definition) is 6. The van der Waals surface area contributed by atoms with E-state index in [1.807, 2.05) is 53.4 Å². The van der Waals surface area contributed by atoms with Gasteiger partial charge in [0.15, 0.2) is 17.1 Å². The summed E-state index contributed by atoms with van der Waals surface area (Å²) in [6.07, 6.45) is 3.30. The number of rotatable bonds is 3. The molecule has 33 heavy (non-hydrogen) atoms. The van der Waals surface area contributed by atoms with E-state index in [9.17, 15) is 4.79 Å². The van der Waals surface area contributed by atoms with E-state index in [1.165, 1.54) is 0 Å². The second-order valence-corrected chi connectivity index (χ2v) is 8.39. The first-order chi connectivity index (χ1) is 16.2. The summed E-state index contributed by atoms with van der Waals surface area (Å²) in [5, 5.41) is 5.20. The van der Waals surface area contributed by atoms with Gasteiger partial charge in [0.05, 0.1) is 11.9 Å². The fraction of sp³-hybridized carbons (Fsp3) is 0.208. The van der Waals surface area contributed by atoms with Gasteiger partial charge in [-0.15, -0.1) is 0 Å². The quantitative estimate of drug-likeness (QED) is 0.463. The first kappa shape index (κ1) is 19.9. The summed E-state index contributed by atoms with van der Waals surface area (Å²) in [7, 11) is 0. The lowest BCUT2D eigenvalue weighted by Gasteiger charge is -2.36. The highest BCUT2D eigenvalue weighted by atomic mass is 35.5. The summed E-state index contributed by atoms with van der Waals surface area (Å²) >= 11 is 6.13. The average molecular weight is 462 g/mol. The Morgan fingerprint density at radius 3 is 2.67 bits per heavy atom. The van der Waals surface area contributed by atoms with Crippen LogP contribution in [0.5, 0.6) is 11.5 Å². The van der Waals surface area contributed by atoms with E-state index in [4.69, 9.17) is 21.1 Å². The fourth-order valence-corrected chi connectivity index (χ4v) is 4.51. The maximum absolute atomic E-state index is 13.3. The van der Waals surface area contributed by atoms with E-state index in [-0.39, 0.29) is 12.7 Å². The maximum atomic E-state index is 13.3. The highest BCUT2D eigenvalue weighted by molar-refractivity contribution is 6.30. The molecule has 1 fully saturated rings. The summed E-state index contributed by atoms with van der Waals surface area (Å²) in [5.74, 6) is 1.35. The number of ether oxygens (including phenoxy) is 2. The molecule has 0 bridgehead atoms. The SMILES string of the molecule is O=C(c1cnn2c(-c3ccc4c(c3)OCO4)ccnc12)N1CCN(c2cccc(Cl)c2)CC1. The van der Waals surface area contributed by atoms with Crippen LogP contribution in [0.25, 0.3) is 16.9 Å². The summed E-state index contributed by atoms with van der Waals surface area (Å²) in [6, 6.07) is 15.4. The summed E-state index contributed by atoms with van der Waals surface area (Å²) in [4.78, 5) is 21.9. The summed E-state index contributed by atoms with van der Waals surface area (Å²) in [6.45, 7) is 2.92. The van der Waals surface area contributed by atoms with Gasteiger partial charge in [-0.05, 0) is 42.5 Å². The van der Waals surface area contributed by atoms with Gasteiger partial charge in [-0.25, -0.2) is 9.50 Å². The smallest absolute Gasteiger partial charge is 0.259 e. The van der Waals surface area contributed by atoms with Gasteiger partial charge in [0, 0.05) is 48.6 Å². The predicted molar refractivity (Wildman–Crippen MR) is 124 cm³/mol. The Balaban J connectivity index is 1.25. The van der Waals surface area contributed by atoms with Crippen LogP contribution in [-0.4, -0.2) is 58.4 Å². The first-order valence-electron chi connectivity index (χ1n) is 10.7. The molecule has 8 nitrogen and oxygen atoms in total. The highest BCUT2D eigenvalue weighted by Gasteiger charge is 2.26. The van der Waals surface area contributed by atoms with Crippen molar-refractivity contribution in [2.24, 2.45) is 0 Å². The molecule has 2 aromatic heterocycles. The third-order valence-corrected chi connectivity index (χ3v) is 6.28. The zero-order valence-corrected chi connectivity index (χ0v) is 18.4. The molecule has 166 valence electrons. The molecule has 6 rings (SSSR count). The molecule has 2 aliphatic rings. The topological polar surface area (TPSA) is 72.2 Å². The van der Waals surface area contributed by atoms with Crippen molar-refractivity contribution in [1.29, 1.82) is 0 Å². The first-order valence-corrected chi connectivity index (χ1v) is 11.1. The molecule has 4 aromatic rings. The monoisotopic (exact) mass is 461 g/mol. The van der Waals surface area contributed by atoms with E-state index in [0.717, 1.165) is 35.8 Å². The third kappa shape index (κ3) is 3.52. The van der Waals surface area contributed by atoms with Gasteiger partial charge in [0.25, 0.3) is 5.91 Å². The molecule has 0 N–H and O–H groups in total. The van der Waals surface area contributed by atoms with Crippen LogP contribution in [0.15, 0.2) is 60.9 Å². The van der Waals surface area contributed by atoms with Gasteiger partial charge in [0.1, 0.15) is 5.56 Å². The van der Waals surface area contributed by atoms with Crippen LogP contribution in [0.3, 0.4) is 0 Å². The molecule has 1 amide bonds. The van der Waals surface area contributed by atoms with Crippen molar-refractivity contribution >= 4 is 28.8 Å². The lowest BCUT2D eigenvalue weighted by atomic mass is 10.1. The second kappa shape index (κ2) is 7.97. The Kier molecular flexibility index (Phi) is 4.80. The van der Waals surface area contributed by atoms with Crippen LogP contribution < -0.4 is 14.4 Å². The van der Waals surface area contributed by atoms with Gasteiger partial charge < -0.3 is 19.3 Å². The number of aromatic nitrogens is 3. The molecule has 2 aromatic carbocycles. The molecular formula is C24H20ClN5O3. The van der Waals surface area contributed by atoms with E-state index >= 15 is 0 Å². The van der Waals surface area contributed by atoms with Crippen LogP contribution in [0.4, 0.5) is 5.69 Å². The van der Waals surface area contributed by atoms with Gasteiger partial charge in [-0.2, -0.15) is 5.10 Å². The van der Waals surface area contributed by atoms with Crippen LogP contribution in [0.1, 0.15) is 10.4 Å². The number of piperazine rings is 1. The second-order valence-electron chi connectivity index (χ2n) is 7.95. The Labute approximate surface area is 194 Å². The minimum absolute atomic E-state index is 0.0638. The number of amides is 1. The van der Waals surface area contributed by atoms with Crippen molar-refractivity contribution in [3.63, 3.8) is 0 Å². The minimum Gasteiger partial charge on any atom is -0.454 e. The van der Waals surface area contributed by atoms with Crippen molar-refractivity contribution in [3.05, 3.63) is 71.5 Å². The van der Waals surface area contributed by atoms with Gasteiger partial charge >= 0.3 is 0 Å². The van der Waals surface area contributed by atoms with E-state index in [1.54, 1.807) is 16.9 Å². The molecule has 0 atom stereocenters. The lowest BCUT2D eigenvalue weighted by Crippen LogP contribution is -2.48. The third-order valence-electron chi connectivity index (χ3n) is 6.04. The fourth-order valence-electron chi connectivity index (χ4n) is 4.33. The molecule has 2 aliphatic heterocycles. The average Bonchev–Trinajstić information content (AvgIpc) is 3.50. The maximum Gasteiger partial charge on any atom is 0.259 e. The predicted octanol–water partition coefficient (Wildman–Crippen LogP) is 3.74. The minimum atomic E-state index is -0.0638. The zero-order valence-electron chi connectivity index (χ0n) is 17.6. The molecule has 0 spiro atoms. The number of fused-ring (bicyclic) bond motifs is 2. The Hall–Kier alpha value is -3.78. The molecule has 4 heterocycles. The largest absolute Gasteiger partial charge is 0.454 e. The summed E-state index contributed by atoms with van der Waals surface area (Å²) in [5.41, 5.74) is 3.83. The van der Waals surface area contributed by atoms with Crippen molar-refractivity contribution in [3.8, 4) is 22.8 Å². The number of halogens is 1. The highest BCUT2D eigenvalue weighted by Crippen LogP contribution is 2.36. The zero-order chi connectivity index (χ0) is 22.4. The van der Waals surface area contributed by atoms with E-state index in [0.29, 0.717) is 35.1 Å². The molecular weight excluding hydrogens is 442 g/mol. The van der Waals surface area contributed by atoms with Crippen LogP contribution in [0.2, 0.25) is 5.02 Å². The number of carbonyl (C=O) groups is 1. The summed E-state index contributed by atoms with van der Waals surface area (Å²) < 4.78 is 12.6. The van der Waals surface area contributed by atoms with Crippen molar-refractivity contribution in [2.45, 2.75) is 0 Å². The van der Waals surface area contributed by atoms with Gasteiger partial charge in [-0.1, -0.05) is 17.7 Å². The number of hydrogen-bond donors (Lipinski definition) is 0. The standard InChI is InChI=1S/C24H20ClN5O3/c25-17-2-1-3-18(13-17)28-8-10-29(11-9-28)24(31)19-14-27-30-20(6-7-26-23(19)30)16-4-5-21-22(12-16)33-15-32-21/h1-7,12-14H,8-11,15H2. The van der Waals surface area contributed by atoms with Crippen LogP contribution in [0, 0.1) is 0 Å². The van der Waals surface area contributed by atoms with E-state index < -0.39 is 0 Å². The Morgan fingerprint density at radius 2 is 1.82 bits per heavy atom. The van der Waals surface area contributed by atoms with Gasteiger partial charge in [0.2, 0.25) is 6.79 Å². The normalized spacial score (nSPS) is 15.3. The van der Waals surface area contributed by atoms with Crippen molar-refractivity contribution < 1.29 is 14.3 Å². The molecule has 9 heteroatoms. The van der Waals surface area contributed by atoms with Crippen LogP contribution in [-0.2, 0) is 0 Å². The molecule has 0 saturated carbocycles. The molecule has 0 unspecified atom stereocenters. The number of carbonyl (C=O) groups excluding carboxylic acids is 1. The number of anilines is 1. The molecule has 0 radical (unpaired) electrons. The Bertz CT molecular complexity index is 1360. The van der Waals surface area contributed by atoms with Crippen LogP contribution >= 0.6 is 11.6 Å². The number of nitrogens with zero attached hydrogens (tertiary/aromatic N) is 5. The van der Waals surface area contributed by atoms with Crippen molar-refractivity contribution in [1.82, 2.24) is 19.5 Å². The molecule has 1 saturated heterocycles. The van der Waals surface area contributed by atoms with Gasteiger partial charge in [-0.3, -0.25) is 4.79 Å².